The van der Waals surface area contributed by atoms with Crippen LogP contribution in [0, 0.1) is 0 Å². The predicted octanol–water partition coefficient (Wildman–Crippen LogP) is -22.3. The predicted molar refractivity (Wildman–Crippen MR) is 406 cm³/mol. The van der Waals surface area contributed by atoms with Gasteiger partial charge in [-0.1, -0.05) is 0 Å². The van der Waals surface area contributed by atoms with Crippen LogP contribution in [0.1, 0.15) is 41.5 Å². The monoisotopic (exact) mass is 1930 g/mol. The van der Waals surface area contributed by atoms with E-state index in [2.05, 4.69) is 21.3 Å². The third kappa shape index (κ3) is 23.7. The molecule has 11 aliphatic heterocycles. The highest BCUT2D eigenvalue weighted by Gasteiger charge is 2.63. The van der Waals surface area contributed by atoms with Gasteiger partial charge >= 0.3 is 0 Å². The van der Waals surface area contributed by atoms with Gasteiger partial charge in [0.15, 0.2) is 69.2 Å². The highest BCUT2D eigenvalue weighted by molar-refractivity contribution is 5.74. The van der Waals surface area contributed by atoms with E-state index < -0.39 is 421 Å². The summed E-state index contributed by atoms with van der Waals surface area (Å²) >= 11 is 0. The highest BCUT2D eigenvalue weighted by Crippen LogP contribution is 2.42. The average molecular weight is 1930 g/mol. The molecule has 0 aromatic rings. The molecule has 55 atom stereocenters. The van der Waals surface area contributed by atoms with Crippen LogP contribution < -0.4 is 21.3 Å². The maximum absolute atomic E-state index is 13.3. The first kappa shape index (κ1) is 108. The summed E-state index contributed by atoms with van der Waals surface area (Å²) in [7, 11) is 0. The van der Waals surface area contributed by atoms with Crippen molar-refractivity contribution in [3.05, 3.63) is 0 Å². The molecule has 1 unspecified atom stereocenters. The molecule has 11 aliphatic rings. The van der Waals surface area contributed by atoms with Gasteiger partial charge in [0.2, 0.25) is 23.6 Å². The fourth-order valence-electron chi connectivity index (χ4n) is 17.2. The Hall–Kier alpha value is -4.12. The van der Waals surface area contributed by atoms with Crippen LogP contribution >= 0.6 is 0 Å². The van der Waals surface area contributed by atoms with Crippen molar-refractivity contribution in [3.63, 3.8) is 0 Å². The number of hydrogen-bond acceptors (Lipinski definition) is 54. The molecule has 0 saturated carbocycles. The van der Waals surface area contributed by atoms with Crippen molar-refractivity contribution >= 4 is 23.6 Å². The Morgan fingerprint density at radius 1 is 0.212 bits per heavy atom. The molecule has 0 aromatic carbocycles. The van der Waals surface area contributed by atoms with Crippen LogP contribution in [0.15, 0.2) is 0 Å². The number of hydrogen-bond donors (Lipinski definition) is 33. The van der Waals surface area contributed by atoms with Crippen molar-refractivity contribution in [2.45, 2.75) is 379 Å². The zero-order chi connectivity index (χ0) is 97.1. The first-order chi connectivity index (χ1) is 62.4. The van der Waals surface area contributed by atoms with Gasteiger partial charge < -0.3 is 269 Å². The van der Waals surface area contributed by atoms with E-state index in [0.29, 0.717) is 0 Å². The van der Waals surface area contributed by atoms with Crippen LogP contribution in [0.25, 0.3) is 0 Å². The summed E-state index contributed by atoms with van der Waals surface area (Å²) in [6, 6.07) is -7.85. The van der Waals surface area contributed by atoms with Gasteiger partial charge in [-0.2, -0.15) is 0 Å². The Bertz CT molecular complexity index is 3610. The number of amides is 4. The molecule has 58 nitrogen and oxygen atoms in total. The molecule has 764 valence electrons. The van der Waals surface area contributed by atoms with Crippen LogP contribution in [0.4, 0.5) is 0 Å². The molecule has 0 bridgehead atoms. The van der Waals surface area contributed by atoms with Gasteiger partial charge in [-0.05, 0) is 13.8 Å². The zero-order valence-corrected chi connectivity index (χ0v) is 71.3. The Kier molecular flexibility index (Phi) is 38.5. The van der Waals surface area contributed by atoms with Crippen molar-refractivity contribution in [2.24, 2.45) is 0 Å². The Morgan fingerprint density at radius 3 is 0.856 bits per heavy atom. The standard InChI is InChI=1S/C74H124N4O54/c1-16-35(90)46(101)52(107)68(114-16)112-15-30-59(42(97)31(64(111)116-30)75-18(3)86)125-65-32(76-19(4)87)43(98)57(27(12-84)121-65)127-71-55(110)60(129-74-62(50(105)39(94)25(10-82)120-74)131-67-33(77-20(5)88)44(99)56(26(11-83)122-67)126-70-54(109)48(103)37(92)22(7-79)117-70)41(96)29(124-71)14-113-72-61(49(104)38(93)23(8-80)118-72)130-66-34(78-21(6)89)45(100)58(28(13-85)123-66)128-73-63(51(106)40(95)24(9-81)119-73)132-69-53(108)47(102)36(91)17(2)115-69/h16-17,22-74,79-85,90-111H,7-15H2,1-6H3,(H,75,86)(H,76,87)(H,77,88)(H,78,89)/t16-,17-,22+,23+,24+,25+,26+,27+,28+,29+,30+,31+,32+,33-,34+,35+,36+,37-,38+,39+,40-,41+,42+,43+,44+,45+,46+,47+,48-,49-,50-,51-,52-,53-,54+,55-,56+,57+,58+,59+,60-,61-,62-,63+,64?,65-,66-,67-,68+,69-,70-,71-,72-,73-,74+/m0/s1. The summed E-state index contributed by atoms with van der Waals surface area (Å²) < 4.78 is 125. The van der Waals surface area contributed by atoms with E-state index in [-0.39, 0.29) is 0 Å². The number of nitrogens with one attached hydrogen (secondary N) is 4. The van der Waals surface area contributed by atoms with E-state index in [1.807, 2.05) is 0 Å². The maximum atomic E-state index is 13.3. The fraction of sp³-hybridized carbons (Fsp3) is 0.946. The molecule has 11 rings (SSSR count). The van der Waals surface area contributed by atoms with Crippen LogP contribution in [0.3, 0.4) is 0 Å². The van der Waals surface area contributed by atoms with Gasteiger partial charge in [-0.15, -0.1) is 0 Å². The number of aliphatic hydroxyl groups excluding tert-OH is 29. The third-order valence-electron chi connectivity index (χ3n) is 24.5. The van der Waals surface area contributed by atoms with Gasteiger partial charge in [0.25, 0.3) is 0 Å². The smallest absolute Gasteiger partial charge is 0.217 e. The molecule has 11 fully saturated rings. The van der Waals surface area contributed by atoms with E-state index >= 15 is 0 Å². The SMILES string of the molecule is CC(=O)N[C@@H]1[C@H](O[C@@H]2[C@@H](O[C@@H]3[C@H](O)[C@H](O[C@H]4[C@H](O)[C@@H](NC(C)=O)[C@H](O[C@H]5[C@H](O)[C@@H](NC(C)=O)C(O)O[C@@H]5CO[C@@H]5O[C@@H](C)[C@@H](O)[C@@H](O)[C@@H]5O)O[C@@H]4CO)O[C@H](CO[C@H]4O[C@H](CO)[C@@H](O)[C@H](O)[C@@H]4O[C@@H]4O[C@H](CO)[C@@H](O[C@@H]5O[C@H](CO)[C@H](O)[C@H](O)[C@H]5O[C@@H]5O[C@@H](C)[C@@H](O)[C@@H](O)[C@@H]5O)[C@H](O)[C@H]4NC(C)=O)[C@H]3O)O[C@H](CO)[C@@H](O)[C@@H]2O)O[C@H](CO)[C@@H](O[C@@H]2O[C@H](CO)[C@H](O)[C@H](O)[C@H]2O)[C@@H]1O. The Balaban J connectivity index is 0.919. The minimum absolute atomic E-state index is 0.856. The molecule has 11 saturated heterocycles. The normalized spacial score (nSPS) is 50.4. The average Bonchev–Trinajstić information content (AvgIpc) is 0.765. The summed E-state index contributed by atoms with van der Waals surface area (Å²) in [4.78, 5) is 52.1. The second-order valence-corrected chi connectivity index (χ2v) is 33.8. The Labute approximate surface area is 748 Å². The third-order valence-corrected chi connectivity index (χ3v) is 24.5. The number of ether oxygens (including phenoxy) is 21. The molecule has 132 heavy (non-hydrogen) atoms. The molecule has 4 amide bonds. The van der Waals surface area contributed by atoms with Gasteiger partial charge in [0.1, 0.15) is 256 Å². The van der Waals surface area contributed by atoms with Gasteiger partial charge in [0, 0.05) is 27.7 Å². The maximum Gasteiger partial charge on any atom is 0.217 e. The number of aliphatic hydroxyl groups is 29. The number of carbonyl (C=O) groups excluding carboxylic acids is 4. The first-order valence-corrected chi connectivity index (χ1v) is 42.4. The second-order valence-electron chi connectivity index (χ2n) is 33.8. The Morgan fingerprint density at radius 2 is 0.462 bits per heavy atom. The minimum Gasteiger partial charge on any atom is -0.394 e. The van der Waals surface area contributed by atoms with Crippen molar-refractivity contribution in [1.82, 2.24) is 21.3 Å². The first-order valence-electron chi connectivity index (χ1n) is 42.4. The minimum atomic E-state index is -2.66. The van der Waals surface area contributed by atoms with Crippen LogP contribution in [-0.4, -0.2) is 569 Å². The zero-order valence-electron chi connectivity index (χ0n) is 71.3. The van der Waals surface area contributed by atoms with Crippen molar-refractivity contribution in [3.8, 4) is 0 Å². The van der Waals surface area contributed by atoms with Gasteiger partial charge in [0.05, 0.1) is 71.7 Å². The number of rotatable bonds is 33. The molecular formula is C74H124N4O54. The quantitative estimate of drug-likeness (QED) is 0.0290. The summed E-state index contributed by atoms with van der Waals surface area (Å²) in [6.07, 6.45) is -106. The molecule has 0 radical (unpaired) electrons. The van der Waals surface area contributed by atoms with E-state index in [1.54, 1.807) is 0 Å². The van der Waals surface area contributed by atoms with E-state index in [4.69, 9.17) is 99.5 Å². The molecule has 58 heteroatoms. The largest absolute Gasteiger partial charge is 0.394 e. The van der Waals surface area contributed by atoms with Crippen LogP contribution in [-0.2, 0) is 119 Å². The highest BCUT2D eigenvalue weighted by atomic mass is 16.8. The molecule has 33 N–H and O–H groups in total. The van der Waals surface area contributed by atoms with Gasteiger partial charge in [-0.3, -0.25) is 19.2 Å². The topological polar surface area (TPSA) is 897 Å². The van der Waals surface area contributed by atoms with E-state index in [0.717, 1.165) is 27.7 Å². The lowest BCUT2D eigenvalue weighted by Gasteiger charge is -2.51. The van der Waals surface area contributed by atoms with Crippen molar-refractivity contribution in [1.29, 1.82) is 0 Å². The molecule has 11 heterocycles. The lowest BCUT2D eigenvalue weighted by Crippen LogP contribution is -2.71. The fourth-order valence-corrected chi connectivity index (χ4v) is 17.2. The molecule has 0 aliphatic carbocycles. The van der Waals surface area contributed by atoms with Crippen molar-refractivity contribution < 1.29 is 267 Å². The van der Waals surface area contributed by atoms with Gasteiger partial charge in [-0.25, -0.2) is 0 Å². The summed E-state index contributed by atoms with van der Waals surface area (Å²) in [5.74, 6) is -3.85. The van der Waals surface area contributed by atoms with E-state index in [9.17, 15) is 167 Å². The lowest BCUT2D eigenvalue weighted by molar-refractivity contribution is -0.400. The van der Waals surface area contributed by atoms with Crippen LogP contribution in [0.5, 0.6) is 0 Å². The molecule has 0 spiro atoms. The summed E-state index contributed by atoms with van der Waals surface area (Å²) in [6.45, 7) is -3.95. The molecule has 0 aromatic heterocycles. The molecular weight excluding hydrogens is 1810 g/mol. The summed E-state index contributed by atoms with van der Waals surface area (Å²) in [5.41, 5.74) is 0. The second kappa shape index (κ2) is 47.0. The van der Waals surface area contributed by atoms with Crippen molar-refractivity contribution in [2.75, 3.05) is 59.5 Å². The lowest BCUT2D eigenvalue weighted by atomic mass is 9.93. The van der Waals surface area contributed by atoms with E-state index in [1.165, 1.54) is 13.8 Å². The van der Waals surface area contributed by atoms with Crippen LogP contribution in [0.2, 0.25) is 0 Å². The summed E-state index contributed by atoms with van der Waals surface area (Å²) in [5, 5.41) is 335. The number of carbonyl (C=O) groups is 4.